The lowest BCUT2D eigenvalue weighted by Crippen LogP contribution is -2.49. The molecule has 0 aliphatic heterocycles. The molecule has 0 atom stereocenters. The van der Waals surface area contributed by atoms with E-state index in [4.69, 9.17) is 0 Å². The summed E-state index contributed by atoms with van der Waals surface area (Å²) < 4.78 is 34.1. The molecule has 0 aromatic heterocycles. The van der Waals surface area contributed by atoms with Crippen molar-refractivity contribution in [2.75, 3.05) is 19.6 Å². The summed E-state index contributed by atoms with van der Waals surface area (Å²) in [7, 11) is -4.51. The van der Waals surface area contributed by atoms with E-state index in [1.807, 2.05) is 0 Å². The van der Waals surface area contributed by atoms with E-state index in [2.05, 4.69) is 51.1 Å². The number of unbranched alkanes of at least 4 members (excludes halogenated alkanes) is 9. The molecular weight excluding hydrogens is 530 g/mol. The molecule has 0 radical (unpaired) electrons. The highest BCUT2D eigenvalue weighted by molar-refractivity contribution is 7.86. The number of aromatic hydroxyl groups is 1. The molecule has 3 aromatic carbocycles. The Labute approximate surface area is 250 Å². The van der Waals surface area contributed by atoms with Gasteiger partial charge in [0.25, 0.3) is 0 Å². The number of benzene rings is 3. The van der Waals surface area contributed by atoms with Gasteiger partial charge in [0.1, 0.15) is 22.4 Å². The topological polar surface area (TPSA) is 77.4 Å². The minimum atomic E-state index is -4.51. The van der Waals surface area contributed by atoms with Crippen molar-refractivity contribution in [2.45, 2.75) is 109 Å². The lowest BCUT2D eigenvalue weighted by atomic mass is 10.1. The summed E-state index contributed by atoms with van der Waals surface area (Å²) in [6, 6.07) is 19.9. The Bertz CT molecular complexity index is 1200. The molecule has 3 rings (SSSR count). The fraction of sp³-hybridized carbons (Fsp3) is 0.543. The predicted molar refractivity (Wildman–Crippen MR) is 171 cm³/mol. The van der Waals surface area contributed by atoms with Gasteiger partial charge in [-0.1, -0.05) is 114 Å². The maximum atomic E-state index is 10.9. The zero-order valence-corrected chi connectivity index (χ0v) is 26.5. The molecule has 3 aromatic rings. The highest BCUT2D eigenvalue weighted by atomic mass is 32.2. The smallest absolute Gasteiger partial charge is 0.125 e. The maximum Gasteiger partial charge on any atom is 0.125 e. The van der Waals surface area contributed by atoms with Crippen LogP contribution in [0.1, 0.15) is 103 Å². The first-order valence-corrected chi connectivity index (χ1v) is 17.2. The summed E-state index contributed by atoms with van der Waals surface area (Å²) in [5.74, 6) is -0.0435. The third-order valence-electron chi connectivity index (χ3n) is 7.95. The van der Waals surface area contributed by atoms with Crippen LogP contribution in [-0.4, -0.2) is 42.2 Å². The Balaban J connectivity index is 0.000000329. The molecule has 0 saturated heterocycles. The molecule has 6 heteroatoms. The number of phenols is 1. The first-order valence-electron chi connectivity index (χ1n) is 15.8. The van der Waals surface area contributed by atoms with Gasteiger partial charge in [-0.25, -0.2) is 8.42 Å². The summed E-state index contributed by atoms with van der Waals surface area (Å²) in [5, 5.41) is 10.1. The number of nitrogens with zero attached hydrogens (tertiary/aromatic N) is 1. The normalized spacial score (nSPS) is 11.8. The Morgan fingerprint density at radius 3 is 1.54 bits per heavy atom. The van der Waals surface area contributed by atoms with Crippen molar-refractivity contribution >= 4 is 20.9 Å². The van der Waals surface area contributed by atoms with E-state index in [1.165, 1.54) is 125 Å². The second kappa shape index (κ2) is 18.9. The summed E-state index contributed by atoms with van der Waals surface area (Å²) in [6.07, 6.45) is 16.7. The van der Waals surface area contributed by atoms with Crippen molar-refractivity contribution < 1.29 is 22.6 Å². The molecule has 1 N–H and O–H groups in total. The Hall–Kier alpha value is -2.41. The van der Waals surface area contributed by atoms with Gasteiger partial charge < -0.3 is 14.1 Å². The molecule has 0 fully saturated rings. The van der Waals surface area contributed by atoms with Crippen LogP contribution >= 0.6 is 0 Å². The summed E-state index contributed by atoms with van der Waals surface area (Å²) in [4.78, 5) is -0.309. The predicted octanol–water partition coefficient (Wildman–Crippen LogP) is 9.19. The average Bonchev–Trinajstić information content (AvgIpc) is 2.96. The molecule has 0 amide bonds. The minimum Gasteiger partial charge on any atom is -0.744 e. The molecular formula is C35H53NO4S. The van der Waals surface area contributed by atoms with Gasteiger partial charge in [-0.05, 0) is 50.7 Å². The lowest BCUT2D eigenvalue weighted by Gasteiger charge is -2.39. The third kappa shape index (κ3) is 12.6. The molecule has 0 spiro atoms. The van der Waals surface area contributed by atoms with E-state index >= 15 is 0 Å². The number of hydrogen-bond acceptors (Lipinski definition) is 4. The number of rotatable bonds is 18. The van der Waals surface area contributed by atoms with Crippen LogP contribution in [0.5, 0.6) is 5.75 Å². The van der Waals surface area contributed by atoms with Crippen LogP contribution in [0, 0.1) is 0 Å². The van der Waals surface area contributed by atoms with Gasteiger partial charge in [0, 0.05) is 16.3 Å². The summed E-state index contributed by atoms with van der Waals surface area (Å²) in [5.41, 5.74) is 1.54. The van der Waals surface area contributed by atoms with Crippen molar-refractivity contribution in [2.24, 2.45) is 0 Å². The van der Waals surface area contributed by atoms with Gasteiger partial charge in [-0.3, -0.25) is 0 Å². The molecule has 228 valence electrons. The summed E-state index contributed by atoms with van der Waals surface area (Å²) in [6.45, 7) is 12.4. The summed E-state index contributed by atoms with van der Waals surface area (Å²) >= 11 is 0. The quantitative estimate of drug-likeness (QED) is 0.0920. The van der Waals surface area contributed by atoms with E-state index in [0.717, 1.165) is 6.07 Å². The molecule has 41 heavy (non-hydrogen) atoms. The standard InChI is InChI=1S/C25H46N.C10H8O4S/c1-4-7-10-16-21-26(22-17-11-8-5-2,23-18-12-9-6-3)24-25-19-14-13-15-20-25;11-9-5-6-10(15(12,13)14)8-4-2-1-3-7(8)9/h13-15,19-20H,4-12,16-18,21-24H2,1-3H3;1-6,11H,(H,12,13,14)/q+1;/p-1. The fourth-order valence-electron chi connectivity index (χ4n) is 5.64. The van der Waals surface area contributed by atoms with Crippen LogP contribution in [0.25, 0.3) is 10.8 Å². The van der Waals surface area contributed by atoms with E-state index < -0.39 is 10.1 Å². The molecule has 0 aliphatic rings. The van der Waals surface area contributed by atoms with Gasteiger partial charge in [0.05, 0.1) is 24.5 Å². The van der Waals surface area contributed by atoms with E-state index in [0.29, 0.717) is 5.39 Å². The molecule has 5 nitrogen and oxygen atoms in total. The van der Waals surface area contributed by atoms with Crippen LogP contribution in [0.2, 0.25) is 0 Å². The molecule has 0 unspecified atom stereocenters. The van der Waals surface area contributed by atoms with E-state index in [-0.39, 0.29) is 16.0 Å². The SMILES string of the molecule is CCCCCC[N+](CCCCCC)(CCCCCC)Cc1ccccc1.O=S(=O)([O-])c1ccc(O)c2ccccc12. The average molecular weight is 584 g/mol. The van der Waals surface area contributed by atoms with Gasteiger partial charge >= 0.3 is 0 Å². The van der Waals surface area contributed by atoms with Gasteiger partial charge in [-0.2, -0.15) is 0 Å². The maximum absolute atomic E-state index is 10.9. The van der Waals surface area contributed by atoms with Crippen molar-refractivity contribution in [1.29, 1.82) is 0 Å². The second-order valence-electron chi connectivity index (χ2n) is 11.4. The molecule has 0 heterocycles. The number of hydrogen-bond donors (Lipinski definition) is 1. The Morgan fingerprint density at radius 1 is 0.610 bits per heavy atom. The first-order chi connectivity index (χ1) is 19.8. The highest BCUT2D eigenvalue weighted by Crippen LogP contribution is 2.29. The zero-order chi connectivity index (χ0) is 30.0. The minimum absolute atomic E-state index is 0.0435. The van der Waals surface area contributed by atoms with E-state index in [1.54, 1.807) is 18.2 Å². The highest BCUT2D eigenvalue weighted by Gasteiger charge is 2.26. The van der Waals surface area contributed by atoms with Gasteiger partial charge in [0.2, 0.25) is 0 Å². The lowest BCUT2D eigenvalue weighted by molar-refractivity contribution is -0.941. The van der Waals surface area contributed by atoms with Crippen molar-refractivity contribution in [3.8, 4) is 5.75 Å². The van der Waals surface area contributed by atoms with E-state index in [9.17, 15) is 18.1 Å². The monoisotopic (exact) mass is 583 g/mol. The van der Waals surface area contributed by atoms with Gasteiger partial charge in [-0.15, -0.1) is 0 Å². The van der Waals surface area contributed by atoms with Crippen LogP contribution in [0.4, 0.5) is 0 Å². The second-order valence-corrected chi connectivity index (χ2v) is 12.8. The molecule has 0 saturated carbocycles. The number of phenolic OH excluding ortho intramolecular Hbond substituents is 1. The van der Waals surface area contributed by atoms with Gasteiger partial charge in [0.15, 0.2) is 0 Å². The molecule has 0 bridgehead atoms. The van der Waals surface area contributed by atoms with Crippen LogP contribution in [-0.2, 0) is 16.7 Å². The number of fused-ring (bicyclic) bond motifs is 1. The Kier molecular flexibility index (Phi) is 16.0. The van der Waals surface area contributed by atoms with Crippen LogP contribution in [0.3, 0.4) is 0 Å². The van der Waals surface area contributed by atoms with Crippen LogP contribution < -0.4 is 0 Å². The third-order valence-corrected chi connectivity index (χ3v) is 8.84. The van der Waals surface area contributed by atoms with Crippen molar-refractivity contribution in [3.05, 3.63) is 72.3 Å². The first kappa shape index (κ1) is 34.8. The fourth-order valence-corrected chi connectivity index (χ4v) is 6.32. The number of quaternary nitrogens is 1. The Morgan fingerprint density at radius 2 is 1.07 bits per heavy atom. The molecule has 0 aliphatic carbocycles. The largest absolute Gasteiger partial charge is 0.744 e. The zero-order valence-electron chi connectivity index (χ0n) is 25.7. The van der Waals surface area contributed by atoms with Crippen LogP contribution in [0.15, 0.2) is 71.6 Å². The van der Waals surface area contributed by atoms with Crippen molar-refractivity contribution in [1.82, 2.24) is 0 Å². The van der Waals surface area contributed by atoms with Crippen molar-refractivity contribution in [3.63, 3.8) is 0 Å².